The first-order chi connectivity index (χ1) is 18.8. The van der Waals surface area contributed by atoms with E-state index in [0.29, 0.717) is 49.7 Å². The summed E-state index contributed by atoms with van der Waals surface area (Å²) in [7, 11) is -4.28. The molecular weight excluding hydrogens is 549 g/mol. The van der Waals surface area contributed by atoms with Gasteiger partial charge < -0.3 is 24.0 Å². The highest BCUT2D eigenvalue weighted by Crippen LogP contribution is 2.43. The maximum Gasteiger partial charge on any atom is 0.469 e. The molecule has 0 spiro atoms. The van der Waals surface area contributed by atoms with Gasteiger partial charge in [0.25, 0.3) is 0 Å². The van der Waals surface area contributed by atoms with E-state index < -0.39 is 15.9 Å². The summed E-state index contributed by atoms with van der Waals surface area (Å²) in [4.78, 5) is 33.0. The lowest BCUT2D eigenvalue weighted by molar-refractivity contribution is 0.0532. The molecule has 0 unspecified atom stereocenters. The van der Waals surface area contributed by atoms with E-state index in [4.69, 9.17) is 28.5 Å². The molecule has 40 heavy (non-hydrogen) atoms. The van der Waals surface area contributed by atoms with Crippen molar-refractivity contribution < 1.29 is 37.9 Å². The van der Waals surface area contributed by atoms with E-state index in [0.717, 1.165) is 33.9 Å². The molecule has 9 nitrogen and oxygen atoms in total. The van der Waals surface area contributed by atoms with Crippen LogP contribution in [0, 0.1) is 6.92 Å². The maximum absolute atomic E-state index is 12.8. The second-order valence-electron chi connectivity index (χ2n) is 11.3. The fraction of sp³-hybridized carbons (Fsp3) is 0.483. The van der Waals surface area contributed by atoms with E-state index in [1.807, 2.05) is 44.2 Å². The summed E-state index contributed by atoms with van der Waals surface area (Å²) < 4.78 is 33.5. The Labute approximate surface area is 238 Å². The molecule has 0 fully saturated rings. The number of carbonyl (C=O) groups is 1. The van der Waals surface area contributed by atoms with Crippen molar-refractivity contribution in [2.45, 2.75) is 59.1 Å². The van der Waals surface area contributed by atoms with Gasteiger partial charge in [0.1, 0.15) is 23.7 Å². The highest BCUT2D eigenvalue weighted by molar-refractivity contribution is 7.46. The summed E-state index contributed by atoms with van der Waals surface area (Å²) in [5.74, 6) is 0.864. The second kappa shape index (κ2) is 13.9. The lowest BCUT2D eigenvalue weighted by atomic mass is 9.94. The summed E-state index contributed by atoms with van der Waals surface area (Å²) >= 11 is 0. The number of hydrogen-bond acceptors (Lipinski definition) is 7. The molecule has 2 aromatic carbocycles. The average molecular weight is 592 g/mol. The fourth-order valence-corrected chi connectivity index (χ4v) is 5.70. The molecule has 3 rings (SSSR count). The van der Waals surface area contributed by atoms with Crippen LogP contribution in [0.3, 0.4) is 0 Å². The maximum atomic E-state index is 12.8. The molecule has 0 saturated carbocycles. The van der Waals surface area contributed by atoms with Crippen molar-refractivity contribution >= 4 is 21.9 Å². The molecular formula is C29H42NO8PSi. The zero-order valence-electron chi connectivity index (χ0n) is 24.4. The number of phosphoric ester groups is 1. The van der Waals surface area contributed by atoms with Crippen molar-refractivity contribution in [2.24, 2.45) is 0 Å². The minimum Gasteiger partial charge on any atom is -0.496 e. The van der Waals surface area contributed by atoms with Gasteiger partial charge in [-0.3, -0.25) is 9.42 Å². The van der Waals surface area contributed by atoms with Gasteiger partial charge in [0.15, 0.2) is 0 Å². The number of carbonyl (C=O) groups excluding carboxylic acids is 1. The van der Waals surface area contributed by atoms with Gasteiger partial charge >= 0.3 is 13.8 Å². The lowest BCUT2D eigenvalue weighted by Crippen LogP contribution is -2.28. The van der Waals surface area contributed by atoms with Crippen LogP contribution in [0.1, 0.15) is 39.5 Å². The first kappa shape index (κ1) is 32.1. The summed E-state index contributed by atoms with van der Waals surface area (Å²) in [6.45, 7) is 12.9. The van der Waals surface area contributed by atoms with Crippen LogP contribution in [0.25, 0.3) is 0 Å². The number of methoxy groups -OCH3 is 1. The molecule has 0 bridgehead atoms. The van der Waals surface area contributed by atoms with Crippen molar-refractivity contribution in [1.29, 1.82) is 0 Å². The van der Waals surface area contributed by atoms with E-state index in [9.17, 15) is 9.36 Å². The van der Waals surface area contributed by atoms with Gasteiger partial charge in [0.2, 0.25) is 0 Å². The third-order valence-electron chi connectivity index (χ3n) is 6.77. The van der Waals surface area contributed by atoms with Crippen LogP contribution >= 0.6 is 7.82 Å². The van der Waals surface area contributed by atoms with E-state index in [1.54, 1.807) is 7.11 Å². The highest BCUT2D eigenvalue weighted by atomic mass is 31.2. The van der Waals surface area contributed by atoms with Crippen LogP contribution in [0.15, 0.2) is 42.0 Å². The van der Waals surface area contributed by atoms with Gasteiger partial charge in [0.05, 0.1) is 20.3 Å². The summed E-state index contributed by atoms with van der Waals surface area (Å²) in [5, 5.41) is 0. The van der Waals surface area contributed by atoms with Crippen molar-refractivity contribution in [1.82, 2.24) is 4.90 Å². The van der Waals surface area contributed by atoms with Crippen molar-refractivity contribution in [2.75, 3.05) is 33.4 Å². The number of ether oxygens (including phenoxy) is 3. The number of cyclic esters (lactones) is 1. The Morgan fingerprint density at radius 3 is 2.48 bits per heavy atom. The molecule has 0 atom stereocenters. The molecule has 0 amide bonds. The van der Waals surface area contributed by atoms with Crippen molar-refractivity contribution in [3.8, 4) is 11.5 Å². The van der Waals surface area contributed by atoms with Crippen LogP contribution in [0.5, 0.6) is 11.5 Å². The third-order valence-corrected chi connectivity index (χ3v) is 8.99. The first-order valence-corrected chi connectivity index (χ1v) is 18.7. The number of benzene rings is 2. The zero-order chi connectivity index (χ0) is 29.5. The predicted octanol–water partition coefficient (Wildman–Crippen LogP) is 5.49. The molecule has 2 aromatic rings. The number of rotatable bonds is 15. The molecule has 1 aliphatic rings. The fourth-order valence-electron chi connectivity index (χ4n) is 4.67. The van der Waals surface area contributed by atoms with Crippen molar-refractivity contribution in [3.63, 3.8) is 0 Å². The molecule has 0 aliphatic carbocycles. The topological polar surface area (TPSA) is 115 Å². The number of hydrogen-bond donors (Lipinski definition) is 2. The van der Waals surface area contributed by atoms with E-state index in [2.05, 4.69) is 30.6 Å². The minimum atomic E-state index is -4.55. The first-order valence-electron chi connectivity index (χ1n) is 13.4. The Kier molecular flexibility index (Phi) is 11.2. The number of nitrogens with zero attached hydrogens (tertiary/aromatic N) is 1. The monoisotopic (exact) mass is 591 g/mol. The number of fused-ring (bicyclic) bond motifs is 1. The number of phosphoric acid groups is 1. The predicted molar refractivity (Wildman–Crippen MR) is 158 cm³/mol. The normalized spacial score (nSPS) is 13.9. The Bertz CT molecular complexity index is 1250. The van der Waals surface area contributed by atoms with Gasteiger partial charge in [-0.1, -0.05) is 61.6 Å². The molecule has 2 N–H and O–H groups in total. The second-order valence-corrected chi connectivity index (χ2v) is 18.2. The van der Waals surface area contributed by atoms with Gasteiger partial charge in [-0.05, 0) is 37.4 Å². The highest BCUT2D eigenvalue weighted by Gasteiger charge is 2.33. The smallest absolute Gasteiger partial charge is 0.469 e. The van der Waals surface area contributed by atoms with Crippen LogP contribution in [0.2, 0.25) is 25.7 Å². The van der Waals surface area contributed by atoms with Crippen molar-refractivity contribution in [3.05, 3.63) is 69.8 Å². The molecule has 11 heteroatoms. The van der Waals surface area contributed by atoms with Crippen LogP contribution in [-0.2, 0) is 33.4 Å². The summed E-state index contributed by atoms with van der Waals surface area (Å²) in [6, 6.07) is 10.8. The molecule has 220 valence electrons. The molecule has 1 aliphatic heterocycles. The largest absolute Gasteiger partial charge is 0.496 e. The van der Waals surface area contributed by atoms with E-state index >= 15 is 0 Å². The van der Waals surface area contributed by atoms with Gasteiger partial charge in [-0.25, -0.2) is 9.36 Å². The Hall–Kier alpha value is -2.46. The Morgan fingerprint density at radius 1 is 1.15 bits per heavy atom. The van der Waals surface area contributed by atoms with Gasteiger partial charge in [0, 0.05) is 38.8 Å². The lowest BCUT2D eigenvalue weighted by Gasteiger charge is -2.23. The molecule has 0 saturated heterocycles. The Balaban J connectivity index is 1.87. The zero-order valence-corrected chi connectivity index (χ0v) is 26.3. The van der Waals surface area contributed by atoms with Gasteiger partial charge in [-0.2, -0.15) is 0 Å². The van der Waals surface area contributed by atoms with Crippen LogP contribution < -0.4 is 9.47 Å². The molecule has 0 aromatic heterocycles. The standard InChI is InChI=1S/C29H42NO8PSi/c1-21(18-30(14-15-38-39(32,33)34)19-23-10-8-7-9-11-23)12-13-24-27(35-3)22(2)25-20-37-29(31)26(25)28(24)36-16-17-40(4,5)6/h7-12H,13-20H2,1-6H3,(H2,32,33,34). The number of esters is 1. The molecule has 0 radical (unpaired) electrons. The van der Waals surface area contributed by atoms with Crippen LogP contribution in [0.4, 0.5) is 0 Å². The average Bonchev–Trinajstić information content (AvgIpc) is 3.25. The third kappa shape index (κ3) is 9.29. The summed E-state index contributed by atoms with van der Waals surface area (Å²) in [5.41, 5.74) is 5.12. The van der Waals surface area contributed by atoms with E-state index in [-0.39, 0.29) is 19.2 Å². The quantitative estimate of drug-likeness (QED) is 0.120. The SMILES string of the molecule is COc1c(C)c2c(c(OCC[Si](C)(C)C)c1CC=C(C)CN(CCOP(=O)(O)O)Cc1ccccc1)C(=O)OC2. The Morgan fingerprint density at radius 2 is 1.85 bits per heavy atom. The minimum absolute atomic E-state index is 0.0978. The molecule has 1 heterocycles. The van der Waals surface area contributed by atoms with Crippen LogP contribution in [-0.4, -0.2) is 62.1 Å². The summed E-state index contributed by atoms with van der Waals surface area (Å²) in [6.07, 6.45) is 2.56. The van der Waals surface area contributed by atoms with Gasteiger partial charge in [-0.15, -0.1) is 0 Å². The van der Waals surface area contributed by atoms with E-state index in [1.165, 1.54) is 0 Å². The number of allylic oxidation sites excluding steroid dienone is 1.